The Morgan fingerprint density at radius 2 is 2.09 bits per heavy atom. The van der Waals surface area contributed by atoms with Crippen molar-refractivity contribution in [1.82, 2.24) is 14.5 Å². The van der Waals surface area contributed by atoms with Gasteiger partial charge in [-0.2, -0.15) is 18.4 Å². The smallest absolute Gasteiger partial charge is 0.341 e. The molecule has 0 spiro atoms. The molecule has 2 aliphatic rings. The average Bonchev–Trinajstić information content (AvgIpc) is 2.83. The molecule has 0 aromatic carbocycles. The molecule has 5 nitrogen and oxygen atoms in total. The van der Waals surface area contributed by atoms with Gasteiger partial charge < -0.3 is 9.55 Å². The molecule has 1 aromatic rings. The number of rotatable bonds is 2. The zero-order chi connectivity index (χ0) is 16.6. The molecule has 0 bridgehead atoms. The van der Waals surface area contributed by atoms with Crippen molar-refractivity contribution < 1.29 is 13.2 Å². The van der Waals surface area contributed by atoms with Gasteiger partial charge >= 0.3 is 6.18 Å². The van der Waals surface area contributed by atoms with Crippen LogP contribution in [-0.4, -0.2) is 14.5 Å². The summed E-state index contributed by atoms with van der Waals surface area (Å²) in [5.41, 5.74) is -0.0546. The van der Waals surface area contributed by atoms with Gasteiger partial charge in [-0.15, -0.1) is 0 Å². The van der Waals surface area contributed by atoms with Crippen LogP contribution in [0.4, 0.5) is 13.2 Å². The summed E-state index contributed by atoms with van der Waals surface area (Å²) < 4.78 is 39.2. The van der Waals surface area contributed by atoms with Crippen LogP contribution in [0, 0.1) is 11.3 Å². The molecule has 0 saturated carbocycles. The summed E-state index contributed by atoms with van der Waals surface area (Å²) in [5, 5.41) is 9.10. The van der Waals surface area contributed by atoms with Crippen molar-refractivity contribution >= 4 is 0 Å². The van der Waals surface area contributed by atoms with E-state index in [9.17, 15) is 18.0 Å². The summed E-state index contributed by atoms with van der Waals surface area (Å²) >= 11 is 0. The highest BCUT2D eigenvalue weighted by molar-refractivity contribution is 5.65. The van der Waals surface area contributed by atoms with Crippen LogP contribution in [0.5, 0.6) is 0 Å². The molecule has 23 heavy (non-hydrogen) atoms. The van der Waals surface area contributed by atoms with Gasteiger partial charge in [0.15, 0.2) is 0 Å². The molecule has 2 aliphatic heterocycles. The van der Waals surface area contributed by atoms with Gasteiger partial charge in [-0.05, 0) is 23.8 Å². The molecule has 1 N–H and O–H groups in total. The number of nitrogens with zero attached hydrogens (tertiary/aromatic N) is 3. The third-order valence-electron chi connectivity index (χ3n) is 3.36. The maximum Gasteiger partial charge on any atom is 0.433 e. The fourth-order valence-electron chi connectivity index (χ4n) is 2.34. The maximum atomic E-state index is 12.5. The van der Waals surface area contributed by atoms with Crippen molar-refractivity contribution in [1.29, 1.82) is 5.26 Å². The van der Waals surface area contributed by atoms with E-state index in [-0.39, 0.29) is 12.1 Å². The Bertz CT molecular complexity index is 916. The van der Waals surface area contributed by atoms with E-state index in [4.69, 9.17) is 5.26 Å². The average molecular weight is 318 g/mol. The molecule has 0 atom stereocenters. The van der Waals surface area contributed by atoms with E-state index in [1.807, 2.05) is 6.07 Å². The first-order valence-electron chi connectivity index (χ1n) is 6.53. The van der Waals surface area contributed by atoms with Gasteiger partial charge in [0.25, 0.3) is 5.56 Å². The van der Waals surface area contributed by atoms with E-state index in [0.717, 1.165) is 12.3 Å². The van der Waals surface area contributed by atoms with Gasteiger partial charge in [-0.3, -0.25) is 9.78 Å². The van der Waals surface area contributed by atoms with Gasteiger partial charge in [0, 0.05) is 18.9 Å². The van der Waals surface area contributed by atoms with Gasteiger partial charge in [0.1, 0.15) is 17.3 Å². The van der Waals surface area contributed by atoms with Crippen molar-refractivity contribution in [3.8, 4) is 17.5 Å². The molecule has 1 aromatic heterocycles. The number of fused-ring (bicyclic) bond motifs is 1. The molecule has 0 radical (unpaired) electrons. The molecule has 0 saturated heterocycles. The third kappa shape index (κ3) is 2.68. The first-order chi connectivity index (χ1) is 10.9. The van der Waals surface area contributed by atoms with Crippen LogP contribution in [0.25, 0.3) is 11.4 Å². The predicted molar refractivity (Wildman–Crippen MR) is 74.7 cm³/mol. The molecule has 0 fully saturated rings. The lowest BCUT2D eigenvalue weighted by molar-refractivity contribution is -0.141. The highest BCUT2D eigenvalue weighted by atomic mass is 19.4. The number of hydrogen-bond donors (Lipinski definition) is 1. The maximum absolute atomic E-state index is 12.5. The fourth-order valence-corrected chi connectivity index (χ4v) is 2.34. The topological polar surface area (TPSA) is 74.5 Å². The van der Waals surface area contributed by atoms with Crippen molar-refractivity contribution in [2.75, 3.05) is 0 Å². The van der Waals surface area contributed by atoms with E-state index in [0.29, 0.717) is 17.0 Å². The highest BCUT2D eigenvalue weighted by Gasteiger charge is 2.32. The van der Waals surface area contributed by atoms with E-state index >= 15 is 0 Å². The van der Waals surface area contributed by atoms with Gasteiger partial charge in [0.2, 0.25) is 0 Å². The molecular formula is C15H9F3N4O. The van der Waals surface area contributed by atoms with Crippen LogP contribution >= 0.6 is 0 Å². The normalized spacial score (nSPS) is 11.6. The number of nitrogens with one attached hydrogen (secondary N) is 1. The minimum absolute atomic E-state index is 0.0273. The lowest BCUT2D eigenvalue weighted by Gasteiger charge is -2.13. The van der Waals surface area contributed by atoms with Gasteiger partial charge in [0.05, 0.1) is 11.4 Å². The Morgan fingerprint density at radius 1 is 1.30 bits per heavy atom. The molecule has 116 valence electrons. The predicted octanol–water partition coefficient (Wildman–Crippen LogP) is 2.61. The largest absolute Gasteiger partial charge is 0.433 e. The Morgan fingerprint density at radius 3 is 2.70 bits per heavy atom. The molecule has 0 unspecified atom stereocenters. The van der Waals surface area contributed by atoms with Crippen molar-refractivity contribution in [2.24, 2.45) is 0 Å². The van der Waals surface area contributed by atoms with Crippen LogP contribution in [0.1, 0.15) is 16.8 Å². The second-order valence-electron chi connectivity index (χ2n) is 4.89. The lowest BCUT2D eigenvalue weighted by atomic mass is 10.1. The summed E-state index contributed by atoms with van der Waals surface area (Å²) in [5.74, 6) is 0. The van der Waals surface area contributed by atoms with Crippen LogP contribution in [0.15, 0.2) is 41.5 Å². The van der Waals surface area contributed by atoms with Crippen molar-refractivity contribution in [3.63, 3.8) is 0 Å². The minimum Gasteiger partial charge on any atom is -0.341 e. The van der Waals surface area contributed by atoms with Crippen LogP contribution in [-0.2, 0) is 12.7 Å². The number of pyridine rings is 2. The van der Waals surface area contributed by atoms with Crippen molar-refractivity contribution in [3.05, 3.63) is 63.8 Å². The van der Waals surface area contributed by atoms with E-state index in [1.165, 1.54) is 6.07 Å². The molecule has 3 rings (SSSR count). The molecule has 3 heterocycles. The second kappa shape index (κ2) is 5.28. The Balaban J connectivity index is 2.00. The first kappa shape index (κ1) is 14.8. The summed E-state index contributed by atoms with van der Waals surface area (Å²) in [7, 11) is 0. The number of aromatic amines is 1. The van der Waals surface area contributed by atoms with E-state index < -0.39 is 17.4 Å². The summed E-state index contributed by atoms with van der Waals surface area (Å²) in [6.07, 6.45) is -1.71. The van der Waals surface area contributed by atoms with Crippen LogP contribution < -0.4 is 5.56 Å². The molecular weight excluding hydrogens is 309 g/mol. The second-order valence-corrected chi connectivity index (χ2v) is 4.89. The number of hydrogen-bond acceptors (Lipinski definition) is 3. The minimum atomic E-state index is -4.49. The van der Waals surface area contributed by atoms with E-state index in [2.05, 4.69) is 9.97 Å². The Labute approximate surface area is 128 Å². The SMILES string of the molecule is N#Cc1c2n(Cc3ccc(C(F)(F)F)nc3)cccc-2[nH]c1=O. The fraction of sp³-hybridized carbons (Fsp3) is 0.133. The summed E-state index contributed by atoms with van der Waals surface area (Å²) in [6, 6.07) is 7.39. The zero-order valence-electron chi connectivity index (χ0n) is 11.6. The van der Waals surface area contributed by atoms with Crippen LogP contribution in [0.2, 0.25) is 0 Å². The quantitative estimate of drug-likeness (QED) is 0.789. The van der Waals surface area contributed by atoms with Gasteiger partial charge in [-0.25, -0.2) is 0 Å². The van der Waals surface area contributed by atoms with Crippen LogP contribution in [0.3, 0.4) is 0 Å². The van der Waals surface area contributed by atoms with E-state index in [1.54, 1.807) is 22.9 Å². The lowest BCUT2D eigenvalue weighted by Crippen LogP contribution is -2.10. The Hall–Kier alpha value is -3.08. The Kier molecular flexibility index (Phi) is 3.41. The summed E-state index contributed by atoms with van der Waals surface area (Å²) in [4.78, 5) is 17.7. The molecule has 0 aliphatic carbocycles. The number of aromatic nitrogens is 3. The van der Waals surface area contributed by atoms with Crippen molar-refractivity contribution in [2.45, 2.75) is 12.7 Å². The van der Waals surface area contributed by atoms with Gasteiger partial charge in [-0.1, -0.05) is 6.07 Å². The third-order valence-corrected chi connectivity index (χ3v) is 3.36. The number of nitriles is 1. The summed E-state index contributed by atoms with van der Waals surface area (Å²) in [6.45, 7) is 0.189. The number of alkyl halides is 3. The highest BCUT2D eigenvalue weighted by Crippen LogP contribution is 2.27. The molecule has 8 heteroatoms. The molecule has 0 amide bonds. The number of H-pyrrole nitrogens is 1. The first-order valence-corrected chi connectivity index (χ1v) is 6.53. The monoisotopic (exact) mass is 318 g/mol. The zero-order valence-corrected chi connectivity index (χ0v) is 11.6. The standard InChI is InChI=1S/C15H9F3N4O/c16-15(17,18)12-4-3-9(7-20-12)8-22-5-1-2-11-13(22)10(6-19)14(23)21-11/h1-5,7H,8H2,(H,21,23). The number of halogens is 3.